The maximum atomic E-state index is 12.6. The van der Waals surface area contributed by atoms with Gasteiger partial charge in [0.15, 0.2) is 0 Å². The first-order valence-electron chi connectivity index (χ1n) is 3.00. The van der Waals surface area contributed by atoms with Crippen molar-refractivity contribution >= 4 is 8.56 Å². The summed E-state index contributed by atoms with van der Waals surface area (Å²) in [7, 11) is -0.938. The van der Waals surface area contributed by atoms with E-state index in [-0.39, 0.29) is 0 Å². The number of hydrogen-bond donors (Lipinski definition) is 0. The molecule has 6 heteroatoms. The van der Waals surface area contributed by atoms with Crippen molar-refractivity contribution in [3.05, 3.63) is 0 Å². The lowest BCUT2D eigenvalue weighted by Gasteiger charge is -2.25. The Bertz CT molecular complexity index is 118. The molecule has 0 spiro atoms. The predicted molar refractivity (Wildman–Crippen MR) is 36.5 cm³/mol. The van der Waals surface area contributed by atoms with Crippen LogP contribution in [0.1, 0.15) is 0 Å². The van der Waals surface area contributed by atoms with E-state index in [0.717, 1.165) is 0 Å². The predicted octanol–water partition coefficient (Wildman–Crippen LogP) is 1.49. The second-order valence-corrected chi connectivity index (χ2v) is 5.56. The minimum absolute atomic E-state index is 1.17. The molecular formula is C5H11F3O2Si. The average Bonchev–Trinajstić information content (AvgIpc) is 2.01. The fourth-order valence-electron chi connectivity index (χ4n) is 0.537. The SMILES string of the molecule is CO[Si](C)(OC)C(F)C(F)F. The van der Waals surface area contributed by atoms with Gasteiger partial charge in [-0.25, -0.2) is 13.2 Å². The molecule has 0 aliphatic rings. The number of rotatable bonds is 4. The van der Waals surface area contributed by atoms with Gasteiger partial charge in [0.1, 0.15) is 0 Å². The van der Waals surface area contributed by atoms with Crippen LogP contribution in [0.3, 0.4) is 0 Å². The number of halogens is 3. The summed E-state index contributed by atoms with van der Waals surface area (Å²) in [5.74, 6) is -2.29. The minimum Gasteiger partial charge on any atom is -0.396 e. The van der Waals surface area contributed by atoms with Crippen LogP contribution in [-0.4, -0.2) is 35.0 Å². The highest BCUT2D eigenvalue weighted by Crippen LogP contribution is 2.19. The van der Waals surface area contributed by atoms with Gasteiger partial charge in [-0.3, -0.25) is 0 Å². The molecule has 0 aliphatic carbocycles. The molecule has 0 bridgehead atoms. The second kappa shape index (κ2) is 4.08. The fraction of sp³-hybridized carbons (Fsp3) is 1.00. The molecule has 1 unspecified atom stereocenters. The first kappa shape index (κ1) is 10.9. The van der Waals surface area contributed by atoms with Crippen LogP contribution in [0, 0.1) is 0 Å². The van der Waals surface area contributed by atoms with Gasteiger partial charge in [0.2, 0.25) is 5.79 Å². The van der Waals surface area contributed by atoms with Crippen LogP contribution in [0.5, 0.6) is 0 Å². The van der Waals surface area contributed by atoms with Crippen LogP contribution in [0.2, 0.25) is 6.55 Å². The summed E-state index contributed by atoms with van der Waals surface area (Å²) in [6.07, 6.45) is -3.04. The van der Waals surface area contributed by atoms with E-state index in [1.165, 1.54) is 20.8 Å². The Morgan fingerprint density at radius 3 is 1.55 bits per heavy atom. The van der Waals surface area contributed by atoms with Crippen molar-refractivity contribution in [2.45, 2.75) is 18.8 Å². The van der Waals surface area contributed by atoms with E-state index in [2.05, 4.69) is 8.85 Å². The zero-order chi connectivity index (χ0) is 9.07. The van der Waals surface area contributed by atoms with E-state index in [4.69, 9.17) is 0 Å². The average molecular weight is 188 g/mol. The van der Waals surface area contributed by atoms with Crippen LogP contribution in [0.15, 0.2) is 0 Å². The third-order valence-corrected chi connectivity index (χ3v) is 4.41. The topological polar surface area (TPSA) is 18.5 Å². The summed E-state index contributed by atoms with van der Waals surface area (Å²) in [5.41, 5.74) is 0. The molecule has 0 heterocycles. The summed E-state index contributed by atoms with van der Waals surface area (Å²) in [6.45, 7) is 1.25. The number of hydrogen-bond acceptors (Lipinski definition) is 2. The Morgan fingerprint density at radius 2 is 1.45 bits per heavy atom. The largest absolute Gasteiger partial charge is 0.396 e. The molecule has 1 atom stereocenters. The minimum atomic E-state index is -3.28. The molecule has 0 N–H and O–H groups in total. The molecule has 0 radical (unpaired) electrons. The van der Waals surface area contributed by atoms with E-state index < -0.39 is 20.8 Å². The summed E-state index contributed by atoms with van der Waals surface area (Å²) in [4.78, 5) is 0. The molecule has 0 saturated carbocycles. The third kappa shape index (κ3) is 2.46. The van der Waals surface area contributed by atoms with Crippen molar-refractivity contribution in [1.82, 2.24) is 0 Å². The van der Waals surface area contributed by atoms with Gasteiger partial charge < -0.3 is 8.85 Å². The third-order valence-electron chi connectivity index (χ3n) is 1.53. The Kier molecular flexibility index (Phi) is 4.05. The van der Waals surface area contributed by atoms with E-state index in [0.29, 0.717) is 0 Å². The Labute approximate surface area is 64.6 Å². The van der Waals surface area contributed by atoms with Crippen LogP contribution in [0.4, 0.5) is 13.2 Å². The highest BCUT2D eigenvalue weighted by Gasteiger charge is 2.46. The molecule has 0 rings (SSSR count). The molecule has 0 amide bonds. The molecule has 0 fully saturated rings. The lowest BCUT2D eigenvalue weighted by atomic mass is 10.8. The molecule has 0 saturated heterocycles. The van der Waals surface area contributed by atoms with Gasteiger partial charge in [-0.15, -0.1) is 0 Å². The Hall–Kier alpha value is -0.0731. The van der Waals surface area contributed by atoms with Crippen molar-refractivity contribution in [3.63, 3.8) is 0 Å². The lowest BCUT2D eigenvalue weighted by Crippen LogP contribution is -2.50. The zero-order valence-electron chi connectivity index (χ0n) is 6.61. The highest BCUT2D eigenvalue weighted by molar-refractivity contribution is 6.67. The van der Waals surface area contributed by atoms with Crippen molar-refractivity contribution in [2.75, 3.05) is 14.2 Å². The van der Waals surface area contributed by atoms with Crippen LogP contribution in [0.25, 0.3) is 0 Å². The van der Waals surface area contributed by atoms with Gasteiger partial charge in [-0.05, 0) is 6.55 Å². The highest BCUT2D eigenvalue weighted by atomic mass is 28.4. The Morgan fingerprint density at radius 1 is 1.09 bits per heavy atom. The van der Waals surface area contributed by atoms with Crippen molar-refractivity contribution in [2.24, 2.45) is 0 Å². The molecule has 0 aromatic heterocycles. The summed E-state index contributed by atoms with van der Waals surface area (Å²) in [6, 6.07) is 0. The fourth-order valence-corrected chi connectivity index (χ4v) is 1.61. The first-order chi connectivity index (χ1) is 4.98. The molecule has 2 nitrogen and oxygen atoms in total. The monoisotopic (exact) mass is 188 g/mol. The van der Waals surface area contributed by atoms with Crippen molar-refractivity contribution < 1.29 is 22.0 Å². The van der Waals surface area contributed by atoms with Crippen molar-refractivity contribution in [1.29, 1.82) is 0 Å². The summed E-state index contributed by atoms with van der Waals surface area (Å²) in [5, 5.41) is 0. The van der Waals surface area contributed by atoms with E-state index in [1.54, 1.807) is 0 Å². The standard InChI is InChI=1S/C5H11F3O2Si/c1-9-11(3,10-2)5(8)4(6)7/h4-5H,1-3H3. The van der Waals surface area contributed by atoms with Crippen molar-refractivity contribution in [3.8, 4) is 0 Å². The van der Waals surface area contributed by atoms with Gasteiger partial charge in [-0.1, -0.05) is 0 Å². The van der Waals surface area contributed by atoms with Gasteiger partial charge in [0.25, 0.3) is 6.43 Å². The van der Waals surface area contributed by atoms with E-state index in [1.807, 2.05) is 0 Å². The Balaban J connectivity index is 4.24. The van der Waals surface area contributed by atoms with E-state index in [9.17, 15) is 13.2 Å². The van der Waals surface area contributed by atoms with Gasteiger partial charge in [0, 0.05) is 14.2 Å². The quantitative estimate of drug-likeness (QED) is 0.622. The molecular weight excluding hydrogens is 177 g/mol. The van der Waals surface area contributed by atoms with Gasteiger partial charge in [0.05, 0.1) is 0 Å². The second-order valence-electron chi connectivity index (χ2n) is 2.16. The number of alkyl halides is 3. The van der Waals surface area contributed by atoms with Crippen LogP contribution >= 0.6 is 0 Å². The first-order valence-corrected chi connectivity index (χ1v) is 5.40. The van der Waals surface area contributed by atoms with Gasteiger partial charge >= 0.3 is 8.56 Å². The molecule has 11 heavy (non-hydrogen) atoms. The normalized spacial score (nSPS) is 15.5. The van der Waals surface area contributed by atoms with Gasteiger partial charge in [-0.2, -0.15) is 0 Å². The smallest absolute Gasteiger partial charge is 0.375 e. The zero-order valence-corrected chi connectivity index (χ0v) is 7.61. The molecule has 68 valence electrons. The van der Waals surface area contributed by atoms with E-state index >= 15 is 0 Å². The maximum absolute atomic E-state index is 12.6. The molecule has 0 aromatic carbocycles. The molecule has 0 aromatic rings. The van der Waals surface area contributed by atoms with Crippen LogP contribution < -0.4 is 0 Å². The van der Waals surface area contributed by atoms with Crippen LogP contribution in [-0.2, 0) is 8.85 Å². The lowest BCUT2D eigenvalue weighted by molar-refractivity contribution is 0.0563. The summed E-state index contributed by atoms with van der Waals surface area (Å²) < 4.78 is 45.4. The molecule has 0 aliphatic heterocycles. The summed E-state index contributed by atoms with van der Waals surface area (Å²) >= 11 is 0. The maximum Gasteiger partial charge on any atom is 0.375 e.